The third-order valence-corrected chi connectivity index (χ3v) is 4.52. The van der Waals surface area contributed by atoms with Crippen LogP contribution in [0.3, 0.4) is 0 Å². The van der Waals surface area contributed by atoms with E-state index >= 15 is 0 Å². The van der Waals surface area contributed by atoms with E-state index in [4.69, 9.17) is 10.5 Å². The topological polar surface area (TPSA) is 48.1 Å². The van der Waals surface area contributed by atoms with E-state index in [1.165, 1.54) is 9.88 Å². The lowest BCUT2D eigenvalue weighted by Crippen LogP contribution is -2.21. The smallest absolute Gasteiger partial charge is 0.101 e. The number of aromatic nitrogens is 1. The normalized spacial score (nSPS) is 26.1. The molecule has 1 aliphatic heterocycles. The van der Waals surface area contributed by atoms with E-state index < -0.39 is 0 Å². The van der Waals surface area contributed by atoms with E-state index in [9.17, 15) is 0 Å². The Kier molecular flexibility index (Phi) is 3.09. The molecule has 0 aliphatic carbocycles. The van der Waals surface area contributed by atoms with Gasteiger partial charge >= 0.3 is 0 Å². The van der Waals surface area contributed by atoms with Crippen LogP contribution < -0.4 is 5.73 Å². The molecular weight excluding hydrogens is 208 g/mol. The Bertz CT molecular complexity index is 342. The van der Waals surface area contributed by atoms with Crippen LogP contribution >= 0.6 is 11.3 Å². The van der Waals surface area contributed by atoms with E-state index in [2.05, 4.69) is 18.8 Å². The molecule has 3 nitrogen and oxygen atoms in total. The highest BCUT2D eigenvalue weighted by atomic mass is 32.1. The van der Waals surface area contributed by atoms with Crippen LogP contribution in [0.2, 0.25) is 0 Å². The minimum atomic E-state index is 0.141. The van der Waals surface area contributed by atoms with Crippen molar-refractivity contribution in [3.8, 4) is 0 Å². The zero-order valence-electron chi connectivity index (χ0n) is 9.38. The Balaban J connectivity index is 2.25. The molecule has 1 saturated heterocycles. The van der Waals surface area contributed by atoms with Crippen LogP contribution in [0.25, 0.3) is 0 Å². The maximum Gasteiger partial charge on any atom is 0.101 e. The van der Waals surface area contributed by atoms with Gasteiger partial charge in [0, 0.05) is 16.9 Å². The van der Waals surface area contributed by atoms with Gasteiger partial charge in [0.15, 0.2) is 0 Å². The highest BCUT2D eigenvalue weighted by Crippen LogP contribution is 2.36. The summed E-state index contributed by atoms with van der Waals surface area (Å²) in [6.45, 7) is 6.69. The Morgan fingerprint density at radius 3 is 3.00 bits per heavy atom. The number of ether oxygens (including phenoxy) is 1. The minimum absolute atomic E-state index is 0.141. The molecule has 4 heteroatoms. The molecule has 2 N–H and O–H groups in total. The first-order valence-corrected chi connectivity index (χ1v) is 6.22. The average Bonchev–Trinajstić information content (AvgIpc) is 2.76. The van der Waals surface area contributed by atoms with Crippen molar-refractivity contribution in [3.05, 3.63) is 15.6 Å². The van der Waals surface area contributed by atoms with Crippen LogP contribution in [-0.2, 0) is 16.6 Å². The molecular formula is C11H18N2OS. The molecule has 0 bridgehead atoms. The van der Waals surface area contributed by atoms with E-state index in [0.29, 0.717) is 6.54 Å². The molecule has 0 radical (unpaired) electrons. The van der Waals surface area contributed by atoms with Crippen molar-refractivity contribution in [2.45, 2.75) is 32.1 Å². The van der Waals surface area contributed by atoms with Crippen molar-refractivity contribution in [1.29, 1.82) is 0 Å². The molecule has 0 amide bonds. The molecule has 1 aromatic rings. The maximum atomic E-state index is 5.58. The number of hydrogen-bond donors (Lipinski definition) is 1. The van der Waals surface area contributed by atoms with Crippen LogP contribution in [-0.4, -0.2) is 24.7 Å². The van der Waals surface area contributed by atoms with Gasteiger partial charge in [-0.05, 0) is 26.3 Å². The lowest BCUT2D eigenvalue weighted by molar-refractivity contribution is 0.180. The zero-order chi connectivity index (χ0) is 10.9. The second-order valence-corrected chi connectivity index (χ2v) is 5.51. The standard InChI is InChI=1S/C11H18N2OS/c1-8-9(3-5-12)15-10(13-8)11(2)4-6-14-7-11/h3-7,12H2,1-2H3. The molecule has 1 unspecified atom stereocenters. The quantitative estimate of drug-likeness (QED) is 0.852. The Morgan fingerprint density at radius 1 is 1.60 bits per heavy atom. The van der Waals surface area contributed by atoms with Gasteiger partial charge in [-0.2, -0.15) is 0 Å². The van der Waals surface area contributed by atoms with E-state index in [1.807, 2.05) is 11.3 Å². The number of aryl methyl sites for hydroxylation is 1. The number of nitrogens with two attached hydrogens (primary N) is 1. The van der Waals surface area contributed by atoms with Crippen LogP contribution in [0.15, 0.2) is 0 Å². The molecule has 2 rings (SSSR count). The van der Waals surface area contributed by atoms with Crippen molar-refractivity contribution < 1.29 is 4.74 Å². The monoisotopic (exact) mass is 226 g/mol. The van der Waals surface area contributed by atoms with E-state index in [1.54, 1.807) is 0 Å². The minimum Gasteiger partial charge on any atom is -0.380 e. The van der Waals surface area contributed by atoms with Gasteiger partial charge in [-0.25, -0.2) is 4.98 Å². The molecule has 84 valence electrons. The summed E-state index contributed by atoms with van der Waals surface area (Å²) < 4.78 is 5.47. The number of thiazole rings is 1. The zero-order valence-corrected chi connectivity index (χ0v) is 10.2. The Labute approximate surface area is 94.7 Å². The molecule has 0 saturated carbocycles. The highest BCUT2D eigenvalue weighted by molar-refractivity contribution is 7.11. The lowest BCUT2D eigenvalue weighted by atomic mass is 9.91. The molecule has 15 heavy (non-hydrogen) atoms. The molecule has 1 aromatic heterocycles. The summed E-state index contributed by atoms with van der Waals surface area (Å²) in [6, 6.07) is 0. The van der Waals surface area contributed by atoms with E-state index in [0.717, 1.165) is 31.7 Å². The molecule has 1 fully saturated rings. The Hall–Kier alpha value is -0.450. The predicted octanol–water partition coefficient (Wildman–Crippen LogP) is 1.63. The van der Waals surface area contributed by atoms with Crippen molar-refractivity contribution >= 4 is 11.3 Å². The number of hydrogen-bond acceptors (Lipinski definition) is 4. The van der Waals surface area contributed by atoms with Crippen molar-refractivity contribution in [2.75, 3.05) is 19.8 Å². The summed E-state index contributed by atoms with van der Waals surface area (Å²) in [5.41, 5.74) is 6.87. The molecule has 2 heterocycles. The summed E-state index contributed by atoms with van der Waals surface area (Å²) in [4.78, 5) is 6.00. The van der Waals surface area contributed by atoms with Gasteiger partial charge in [-0.1, -0.05) is 6.92 Å². The summed E-state index contributed by atoms with van der Waals surface area (Å²) in [5, 5.41) is 1.22. The van der Waals surface area contributed by atoms with Gasteiger partial charge in [0.2, 0.25) is 0 Å². The van der Waals surface area contributed by atoms with E-state index in [-0.39, 0.29) is 5.41 Å². The third kappa shape index (κ3) is 2.07. The summed E-state index contributed by atoms with van der Waals surface area (Å²) in [6.07, 6.45) is 2.03. The second-order valence-electron chi connectivity index (χ2n) is 4.43. The molecule has 0 spiro atoms. The number of nitrogens with zero attached hydrogens (tertiary/aromatic N) is 1. The van der Waals surface area contributed by atoms with Gasteiger partial charge < -0.3 is 10.5 Å². The Morgan fingerprint density at radius 2 is 2.40 bits per heavy atom. The van der Waals surface area contributed by atoms with Gasteiger partial charge in [0.1, 0.15) is 5.01 Å². The first-order valence-electron chi connectivity index (χ1n) is 5.40. The van der Waals surface area contributed by atoms with Gasteiger partial charge in [0.25, 0.3) is 0 Å². The van der Waals surface area contributed by atoms with Crippen LogP contribution in [0.5, 0.6) is 0 Å². The van der Waals surface area contributed by atoms with Gasteiger partial charge in [-0.15, -0.1) is 11.3 Å². The van der Waals surface area contributed by atoms with Crippen molar-refractivity contribution in [2.24, 2.45) is 5.73 Å². The first-order chi connectivity index (χ1) is 7.15. The molecule has 1 aliphatic rings. The lowest BCUT2D eigenvalue weighted by Gasteiger charge is -2.17. The van der Waals surface area contributed by atoms with Crippen LogP contribution in [0.1, 0.15) is 28.9 Å². The highest BCUT2D eigenvalue weighted by Gasteiger charge is 2.34. The maximum absolute atomic E-state index is 5.58. The largest absolute Gasteiger partial charge is 0.380 e. The average molecular weight is 226 g/mol. The molecule has 0 aromatic carbocycles. The summed E-state index contributed by atoms with van der Waals surface area (Å²) in [7, 11) is 0. The fourth-order valence-corrected chi connectivity index (χ4v) is 3.12. The van der Waals surface area contributed by atoms with Crippen LogP contribution in [0, 0.1) is 6.92 Å². The summed E-state index contributed by atoms with van der Waals surface area (Å²) >= 11 is 1.81. The van der Waals surface area contributed by atoms with Crippen molar-refractivity contribution in [3.63, 3.8) is 0 Å². The fourth-order valence-electron chi connectivity index (χ4n) is 1.88. The van der Waals surface area contributed by atoms with Crippen molar-refractivity contribution in [1.82, 2.24) is 4.98 Å². The third-order valence-electron chi connectivity index (χ3n) is 3.00. The predicted molar refractivity (Wildman–Crippen MR) is 62.4 cm³/mol. The van der Waals surface area contributed by atoms with Gasteiger partial charge in [-0.3, -0.25) is 0 Å². The first kappa shape index (κ1) is 11.0. The number of rotatable bonds is 3. The van der Waals surface area contributed by atoms with Gasteiger partial charge in [0.05, 0.1) is 12.3 Å². The fraction of sp³-hybridized carbons (Fsp3) is 0.727. The SMILES string of the molecule is Cc1nc(C2(C)CCOC2)sc1CCN. The van der Waals surface area contributed by atoms with Crippen LogP contribution in [0.4, 0.5) is 0 Å². The molecule has 1 atom stereocenters. The summed E-state index contributed by atoms with van der Waals surface area (Å²) in [5.74, 6) is 0. The second kappa shape index (κ2) is 4.20.